The number of allylic oxidation sites excluding steroid dienone is 5. The van der Waals surface area contributed by atoms with E-state index in [4.69, 9.17) is 18.0 Å². The molecule has 0 saturated carbocycles. The predicted molar refractivity (Wildman–Crippen MR) is 202 cm³/mol. The van der Waals surface area contributed by atoms with Crippen LogP contribution in [0.15, 0.2) is 70.9 Å². The number of hydrogen-bond donors (Lipinski definition) is 1. The van der Waals surface area contributed by atoms with E-state index in [1.807, 2.05) is 17.8 Å². The van der Waals surface area contributed by atoms with E-state index < -0.39 is 0 Å². The average Bonchev–Trinajstić information content (AvgIpc) is 3.32. The molecule has 2 nitrogen and oxygen atoms in total. The zero-order valence-electron chi connectivity index (χ0n) is 27.2. The molecule has 2 aromatic rings. The number of benzene rings is 2. The van der Waals surface area contributed by atoms with Gasteiger partial charge in [0.05, 0.1) is 11.3 Å². The summed E-state index contributed by atoms with van der Waals surface area (Å²) < 4.78 is 2.03. The number of rotatable bonds is 3. The summed E-state index contributed by atoms with van der Waals surface area (Å²) in [4.78, 5) is 0. The van der Waals surface area contributed by atoms with Gasteiger partial charge in [-0.15, -0.1) is 11.0 Å². The van der Waals surface area contributed by atoms with Gasteiger partial charge in [0.25, 0.3) is 0 Å². The zero-order valence-corrected chi connectivity index (χ0v) is 28.0. The lowest BCUT2D eigenvalue weighted by Crippen LogP contribution is -2.26. The third-order valence-electron chi connectivity index (χ3n) is 7.24. The Kier molecular flexibility index (Phi) is 12.8. The fraction of sp³-hybridized carbons (Fsp3) is 0.152. The van der Waals surface area contributed by atoms with Crippen molar-refractivity contribution in [3.63, 3.8) is 0 Å². The average molecular weight is 642 g/mol. The molecule has 0 aromatic heterocycles. The molecule has 0 bridgehead atoms. The van der Waals surface area contributed by atoms with Crippen LogP contribution in [0.2, 0.25) is 0 Å². The Hall–Kier alpha value is -7.16. The van der Waals surface area contributed by atoms with Gasteiger partial charge in [-0.25, -0.2) is 0 Å². The van der Waals surface area contributed by atoms with Crippen LogP contribution in [0, 0.1) is 131 Å². The first-order valence-electron chi connectivity index (χ1n) is 15.1. The van der Waals surface area contributed by atoms with Gasteiger partial charge in [-0.1, -0.05) is 41.9 Å². The lowest BCUT2D eigenvalue weighted by Gasteiger charge is -2.19. The summed E-state index contributed by atoms with van der Waals surface area (Å²) in [5.74, 6) is 51.4. The highest BCUT2D eigenvalue weighted by atomic mass is 35.5. The minimum Gasteiger partial charge on any atom is -0.394 e. The summed E-state index contributed by atoms with van der Waals surface area (Å²) in [6, 6.07) is 16.0. The maximum absolute atomic E-state index is 6.81. The first-order chi connectivity index (χ1) is 24.0. The molecule has 0 amide bonds. The van der Waals surface area contributed by atoms with E-state index in [0.717, 1.165) is 46.8 Å². The molecule has 226 valence electrons. The Balaban J connectivity index is 1.55. The highest BCUT2D eigenvalue weighted by Gasteiger charge is 2.45. The monoisotopic (exact) mass is 641 g/mol. The molecule has 0 atom stereocenters. The molecule has 1 heterocycles. The van der Waals surface area contributed by atoms with E-state index in [0.29, 0.717) is 0 Å². The summed E-state index contributed by atoms with van der Waals surface area (Å²) in [6.07, 6.45) is 14.2. The number of halogens is 1. The molecule has 0 fully saturated rings. The maximum atomic E-state index is 6.81. The molecule has 0 saturated heterocycles. The molecule has 0 radical (unpaired) electrons. The largest absolute Gasteiger partial charge is 0.394 e. The van der Waals surface area contributed by atoms with Crippen molar-refractivity contribution < 1.29 is 4.58 Å². The molecular formula is C46H26ClN2+. The van der Waals surface area contributed by atoms with Gasteiger partial charge in [0.1, 0.15) is 0 Å². The van der Waals surface area contributed by atoms with Crippen molar-refractivity contribution in [1.29, 1.82) is 0 Å². The van der Waals surface area contributed by atoms with Gasteiger partial charge in [-0.05, 0) is 108 Å². The molecule has 2 aliphatic rings. The molecule has 4 rings (SSSR count). The quantitative estimate of drug-likeness (QED) is 0.313. The number of nitrogens with one attached hydrogen (secondary N) is 1. The summed E-state index contributed by atoms with van der Waals surface area (Å²) in [5, 5.41) is 6.30. The Morgan fingerprint density at radius 2 is 1.27 bits per heavy atom. The molecule has 1 N–H and O–H groups in total. The van der Waals surface area contributed by atoms with Crippen molar-refractivity contribution in [1.82, 2.24) is 5.32 Å². The van der Waals surface area contributed by atoms with Crippen LogP contribution in [0.25, 0.3) is 10.8 Å². The van der Waals surface area contributed by atoms with E-state index in [2.05, 4.69) is 192 Å². The highest BCUT2D eigenvalue weighted by Crippen LogP contribution is 2.44. The molecule has 1 aliphatic heterocycles. The first kappa shape index (κ1) is 34.7. The number of nitrogens with zero attached hydrogens (tertiary/aromatic N) is 1. The van der Waals surface area contributed by atoms with Gasteiger partial charge in [-0.2, -0.15) is 0 Å². The Morgan fingerprint density at radius 1 is 0.714 bits per heavy atom. The van der Waals surface area contributed by atoms with Crippen LogP contribution in [-0.2, 0) is 5.41 Å². The lowest BCUT2D eigenvalue weighted by molar-refractivity contribution is -0.332. The van der Waals surface area contributed by atoms with Crippen LogP contribution in [0.5, 0.6) is 0 Å². The van der Waals surface area contributed by atoms with E-state index in [1.54, 1.807) is 0 Å². The van der Waals surface area contributed by atoms with Crippen LogP contribution in [0.3, 0.4) is 0 Å². The molecule has 1 aliphatic carbocycles. The van der Waals surface area contributed by atoms with E-state index in [-0.39, 0.29) is 5.41 Å². The van der Waals surface area contributed by atoms with Crippen molar-refractivity contribution in [3.8, 4) is 131 Å². The van der Waals surface area contributed by atoms with Crippen LogP contribution < -0.4 is 5.32 Å². The number of hydrogen-bond acceptors (Lipinski definition) is 1. The first-order valence-corrected chi connectivity index (χ1v) is 15.5. The second kappa shape index (κ2) is 18.1. The fourth-order valence-electron chi connectivity index (χ4n) is 5.24. The van der Waals surface area contributed by atoms with Crippen molar-refractivity contribution in [2.45, 2.75) is 38.5 Å². The van der Waals surface area contributed by atoms with Gasteiger partial charge in [-0.3, -0.25) is 0 Å². The van der Waals surface area contributed by atoms with Gasteiger partial charge in [0.2, 0.25) is 17.4 Å². The number of fused-ring (bicyclic) bond motifs is 3. The van der Waals surface area contributed by atoms with Crippen molar-refractivity contribution >= 4 is 33.8 Å². The minimum absolute atomic E-state index is 0.324. The van der Waals surface area contributed by atoms with Gasteiger partial charge in [0.15, 0.2) is 0 Å². The van der Waals surface area contributed by atoms with Crippen LogP contribution >= 0.6 is 11.6 Å². The Labute approximate surface area is 295 Å². The normalized spacial score (nSPS) is 13.4. The van der Waals surface area contributed by atoms with E-state index >= 15 is 0 Å². The minimum atomic E-state index is -0.324. The molecule has 2 aromatic carbocycles. The third-order valence-corrected chi connectivity index (χ3v) is 7.72. The standard InChI is InChI=1S/C46H25ClN2/c1-5-6-7-8-9-10-11-12-13-14-15-16-17-18-19-20-21-22-23-26-36-49-42-34-32-38-28-24-25-31-41(38)44(42)46(2,3)43(49)35-33-39-29-27-30-40(37-48-4)45(39)47/h1,24-25,28,31-35,37H,27,29-30H2,2-4H3/p+1. The van der Waals surface area contributed by atoms with Gasteiger partial charge < -0.3 is 5.32 Å². The van der Waals surface area contributed by atoms with Crippen molar-refractivity contribution in [2.75, 3.05) is 7.05 Å². The number of terminal acetylenes is 1. The van der Waals surface area contributed by atoms with E-state index in [1.165, 1.54) is 16.3 Å². The van der Waals surface area contributed by atoms with Crippen molar-refractivity contribution in [2.24, 2.45) is 0 Å². The SMILES string of the molecule is C#CC#CC#CC#CC#CC#CC#CC#CC#CC#CC#C[N+]1=C(/C=C/C2=C(Cl)C(=C/NC)/CCC2)C(C)(C)c2c1ccc1ccccc21. The Morgan fingerprint density at radius 3 is 1.84 bits per heavy atom. The smallest absolute Gasteiger partial charge is 0.243 e. The van der Waals surface area contributed by atoms with Crippen LogP contribution in [0.4, 0.5) is 5.69 Å². The summed E-state index contributed by atoms with van der Waals surface area (Å²) >= 11 is 6.81. The van der Waals surface area contributed by atoms with Crippen molar-refractivity contribution in [3.05, 3.63) is 76.5 Å². The molecule has 0 unspecified atom stereocenters. The second-order valence-corrected chi connectivity index (χ2v) is 11.0. The topological polar surface area (TPSA) is 15.0 Å². The second-order valence-electron chi connectivity index (χ2n) is 10.6. The Bertz CT molecular complexity index is 2550. The summed E-state index contributed by atoms with van der Waals surface area (Å²) in [6.45, 7) is 4.46. The molecule has 0 spiro atoms. The maximum Gasteiger partial charge on any atom is 0.243 e. The third kappa shape index (κ3) is 9.43. The fourth-order valence-corrected chi connectivity index (χ4v) is 5.54. The molecule has 3 heteroatoms. The molecular weight excluding hydrogens is 616 g/mol. The molecule has 49 heavy (non-hydrogen) atoms. The van der Waals surface area contributed by atoms with Crippen LogP contribution in [0.1, 0.15) is 38.7 Å². The van der Waals surface area contributed by atoms with E-state index in [9.17, 15) is 0 Å². The van der Waals surface area contributed by atoms with Crippen LogP contribution in [-0.4, -0.2) is 17.3 Å². The predicted octanol–water partition coefficient (Wildman–Crippen LogP) is 6.18. The lowest BCUT2D eigenvalue weighted by atomic mass is 9.79. The van der Waals surface area contributed by atoms with Gasteiger partial charge >= 0.3 is 0 Å². The zero-order chi connectivity index (χ0) is 34.7. The summed E-state index contributed by atoms with van der Waals surface area (Å²) in [7, 11) is 1.89. The van der Waals surface area contributed by atoms with Gasteiger partial charge in [0, 0.05) is 101 Å². The highest BCUT2D eigenvalue weighted by molar-refractivity contribution is 6.32. The summed E-state index contributed by atoms with van der Waals surface area (Å²) in [5.41, 5.74) is 5.22.